The third kappa shape index (κ3) is 3.35. The molecule has 1 aromatic rings. The summed E-state index contributed by atoms with van der Waals surface area (Å²) in [5.41, 5.74) is 2.75. The molecule has 0 saturated heterocycles. The van der Waals surface area contributed by atoms with Gasteiger partial charge >= 0.3 is 0 Å². The molecule has 0 radical (unpaired) electrons. The summed E-state index contributed by atoms with van der Waals surface area (Å²) < 4.78 is 0. The molecule has 3 nitrogen and oxygen atoms in total. The number of hydrogen-bond acceptors (Lipinski definition) is 2. The molecule has 2 rings (SSSR count). The molecule has 1 aliphatic rings. The number of amides is 1. The van der Waals surface area contributed by atoms with Crippen LogP contribution >= 0.6 is 0 Å². The second-order valence-corrected chi connectivity index (χ2v) is 5.19. The van der Waals surface area contributed by atoms with Crippen molar-refractivity contribution in [3.05, 3.63) is 35.4 Å². The van der Waals surface area contributed by atoms with Crippen LogP contribution in [0.25, 0.3) is 0 Å². The first-order valence-corrected chi connectivity index (χ1v) is 7.22. The summed E-state index contributed by atoms with van der Waals surface area (Å²) >= 11 is 0. The fourth-order valence-corrected chi connectivity index (χ4v) is 2.99. The Morgan fingerprint density at radius 3 is 2.95 bits per heavy atom. The lowest BCUT2D eigenvalue weighted by atomic mass is 9.81. The molecule has 0 aliphatic heterocycles. The topological polar surface area (TPSA) is 40.5 Å². The van der Waals surface area contributed by atoms with Crippen molar-refractivity contribution in [1.29, 1.82) is 0 Å². The van der Waals surface area contributed by atoms with Crippen LogP contribution < -0.4 is 0 Å². The summed E-state index contributed by atoms with van der Waals surface area (Å²) in [5, 5.41) is 8.99. The average molecular weight is 261 g/mol. The molecule has 1 atom stereocenters. The number of aliphatic hydroxyl groups excluding tert-OH is 1. The maximum Gasteiger partial charge on any atom is 0.223 e. The minimum absolute atomic E-state index is 0.0425. The molecular formula is C16H23NO2. The first kappa shape index (κ1) is 14.1. The number of fused-ring (bicyclic) bond motifs is 1. The highest BCUT2D eigenvalue weighted by Gasteiger charge is 2.24. The zero-order valence-electron chi connectivity index (χ0n) is 11.6. The predicted molar refractivity (Wildman–Crippen MR) is 76.1 cm³/mol. The van der Waals surface area contributed by atoms with Gasteiger partial charge in [-0.05, 0) is 43.2 Å². The average Bonchev–Trinajstić information content (AvgIpc) is 2.45. The van der Waals surface area contributed by atoms with E-state index in [-0.39, 0.29) is 12.5 Å². The third-order valence-electron chi connectivity index (χ3n) is 4.02. The van der Waals surface area contributed by atoms with Crippen molar-refractivity contribution < 1.29 is 9.90 Å². The SMILES string of the molecule is CCN(CCO)C(=O)CC1CCCc2ccccc21. The fraction of sp³-hybridized carbons (Fsp3) is 0.562. The van der Waals surface area contributed by atoms with Gasteiger partial charge in [-0.15, -0.1) is 0 Å². The number of benzene rings is 1. The normalized spacial score (nSPS) is 17.9. The number of carbonyl (C=O) groups excluding carboxylic acids is 1. The predicted octanol–water partition coefficient (Wildman–Crippen LogP) is 2.34. The lowest BCUT2D eigenvalue weighted by Crippen LogP contribution is -2.34. The molecule has 0 heterocycles. The minimum Gasteiger partial charge on any atom is -0.395 e. The van der Waals surface area contributed by atoms with Crippen molar-refractivity contribution in [2.45, 2.75) is 38.5 Å². The quantitative estimate of drug-likeness (QED) is 0.883. The van der Waals surface area contributed by atoms with Crippen molar-refractivity contribution >= 4 is 5.91 Å². The van der Waals surface area contributed by atoms with Crippen LogP contribution in [-0.2, 0) is 11.2 Å². The van der Waals surface area contributed by atoms with E-state index in [9.17, 15) is 4.79 Å². The van der Waals surface area contributed by atoms with E-state index in [0.717, 1.165) is 12.8 Å². The Hall–Kier alpha value is -1.35. The van der Waals surface area contributed by atoms with Crippen molar-refractivity contribution in [3.8, 4) is 0 Å². The summed E-state index contributed by atoms with van der Waals surface area (Å²) in [7, 11) is 0. The number of hydrogen-bond donors (Lipinski definition) is 1. The van der Waals surface area contributed by atoms with E-state index in [4.69, 9.17) is 5.11 Å². The Balaban J connectivity index is 2.06. The van der Waals surface area contributed by atoms with Gasteiger partial charge < -0.3 is 10.0 Å². The van der Waals surface area contributed by atoms with E-state index in [1.54, 1.807) is 4.90 Å². The maximum atomic E-state index is 12.3. The first-order chi connectivity index (χ1) is 9.26. The van der Waals surface area contributed by atoms with Crippen LogP contribution in [0.4, 0.5) is 0 Å². The molecule has 1 aromatic carbocycles. The van der Waals surface area contributed by atoms with Crippen molar-refractivity contribution in [1.82, 2.24) is 4.90 Å². The van der Waals surface area contributed by atoms with Crippen LogP contribution in [-0.4, -0.2) is 35.6 Å². The van der Waals surface area contributed by atoms with Gasteiger partial charge in [0.2, 0.25) is 5.91 Å². The third-order valence-corrected chi connectivity index (χ3v) is 4.02. The van der Waals surface area contributed by atoms with E-state index in [2.05, 4.69) is 24.3 Å². The number of likely N-dealkylation sites (N-methyl/N-ethyl adjacent to an activating group) is 1. The van der Waals surface area contributed by atoms with E-state index < -0.39 is 0 Å². The highest BCUT2D eigenvalue weighted by atomic mass is 16.3. The smallest absolute Gasteiger partial charge is 0.223 e. The summed E-state index contributed by atoms with van der Waals surface area (Å²) in [6, 6.07) is 8.48. The number of carbonyl (C=O) groups is 1. The van der Waals surface area contributed by atoms with Gasteiger partial charge in [-0.25, -0.2) is 0 Å². The summed E-state index contributed by atoms with van der Waals surface area (Å²) in [6.07, 6.45) is 3.97. The Kier molecular flexibility index (Phi) is 4.97. The standard InChI is InChI=1S/C16H23NO2/c1-2-17(10-11-18)16(19)12-14-8-5-7-13-6-3-4-9-15(13)14/h3-4,6,9,14,18H,2,5,7-8,10-12H2,1H3. The Bertz CT molecular complexity index is 431. The van der Waals surface area contributed by atoms with Gasteiger partial charge in [0.1, 0.15) is 0 Å². The molecule has 19 heavy (non-hydrogen) atoms. The van der Waals surface area contributed by atoms with Crippen molar-refractivity contribution in [2.75, 3.05) is 19.7 Å². The Morgan fingerprint density at radius 2 is 2.21 bits per heavy atom. The van der Waals surface area contributed by atoms with Gasteiger partial charge in [0.25, 0.3) is 0 Å². The summed E-state index contributed by atoms with van der Waals surface area (Å²) in [6.45, 7) is 3.13. The van der Waals surface area contributed by atoms with Crippen molar-refractivity contribution in [2.24, 2.45) is 0 Å². The molecule has 3 heteroatoms. The molecule has 1 aliphatic carbocycles. The lowest BCUT2D eigenvalue weighted by molar-refractivity contribution is -0.132. The van der Waals surface area contributed by atoms with Crippen LogP contribution in [0.1, 0.15) is 43.2 Å². The molecule has 0 aromatic heterocycles. The fourth-order valence-electron chi connectivity index (χ4n) is 2.99. The highest BCUT2D eigenvalue weighted by Crippen LogP contribution is 2.34. The molecule has 1 amide bonds. The second kappa shape index (κ2) is 6.71. The van der Waals surface area contributed by atoms with E-state index in [1.807, 2.05) is 6.92 Å². The zero-order valence-corrected chi connectivity index (χ0v) is 11.6. The van der Waals surface area contributed by atoms with E-state index in [1.165, 1.54) is 17.5 Å². The van der Waals surface area contributed by atoms with Gasteiger partial charge in [0, 0.05) is 19.5 Å². The molecular weight excluding hydrogens is 238 g/mol. The Labute approximate surface area is 115 Å². The van der Waals surface area contributed by atoms with E-state index >= 15 is 0 Å². The molecule has 0 saturated carbocycles. The second-order valence-electron chi connectivity index (χ2n) is 5.19. The van der Waals surface area contributed by atoms with E-state index in [0.29, 0.717) is 25.4 Å². The molecule has 0 spiro atoms. The van der Waals surface area contributed by atoms with Gasteiger partial charge in [-0.2, -0.15) is 0 Å². The molecule has 104 valence electrons. The van der Waals surface area contributed by atoms with Gasteiger partial charge in [-0.1, -0.05) is 24.3 Å². The monoisotopic (exact) mass is 261 g/mol. The first-order valence-electron chi connectivity index (χ1n) is 7.22. The molecule has 1 N–H and O–H groups in total. The largest absolute Gasteiger partial charge is 0.395 e. The van der Waals surface area contributed by atoms with Crippen LogP contribution in [0.15, 0.2) is 24.3 Å². The van der Waals surface area contributed by atoms with Crippen LogP contribution in [0.5, 0.6) is 0 Å². The summed E-state index contributed by atoms with van der Waals surface area (Å²) in [4.78, 5) is 14.0. The van der Waals surface area contributed by atoms with Crippen molar-refractivity contribution in [3.63, 3.8) is 0 Å². The van der Waals surface area contributed by atoms with Gasteiger partial charge in [0.05, 0.1) is 6.61 Å². The molecule has 1 unspecified atom stereocenters. The van der Waals surface area contributed by atoms with Crippen LogP contribution in [0.3, 0.4) is 0 Å². The maximum absolute atomic E-state index is 12.3. The van der Waals surface area contributed by atoms with Gasteiger partial charge in [0.15, 0.2) is 0 Å². The molecule has 0 fully saturated rings. The number of rotatable bonds is 5. The highest BCUT2D eigenvalue weighted by molar-refractivity contribution is 5.77. The molecule has 0 bridgehead atoms. The van der Waals surface area contributed by atoms with Crippen LogP contribution in [0.2, 0.25) is 0 Å². The number of aliphatic hydroxyl groups is 1. The van der Waals surface area contributed by atoms with Crippen LogP contribution in [0, 0.1) is 0 Å². The minimum atomic E-state index is 0.0425. The number of nitrogens with zero attached hydrogens (tertiary/aromatic N) is 1. The van der Waals surface area contributed by atoms with Gasteiger partial charge in [-0.3, -0.25) is 4.79 Å². The Morgan fingerprint density at radius 1 is 1.42 bits per heavy atom. The number of aryl methyl sites for hydroxylation is 1. The lowest BCUT2D eigenvalue weighted by Gasteiger charge is -2.27. The zero-order chi connectivity index (χ0) is 13.7. The summed E-state index contributed by atoms with van der Waals surface area (Å²) in [5.74, 6) is 0.517.